The minimum Gasteiger partial charge on any atom is -0.144 e. The topological polar surface area (TPSA) is 0 Å². The van der Waals surface area contributed by atoms with Gasteiger partial charge in [0.05, 0.1) is 0 Å². The molecule has 1 aromatic heterocycles. The van der Waals surface area contributed by atoms with Crippen molar-refractivity contribution in [3.8, 4) is 10.4 Å². The summed E-state index contributed by atoms with van der Waals surface area (Å²) in [6, 6.07) is 24.9. The van der Waals surface area contributed by atoms with Crippen molar-refractivity contribution < 1.29 is 0 Å². The van der Waals surface area contributed by atoms with E-state index < -0.39 is 0 Å². The minimum atomic E-state index is 0.685. The lowest BCUT2D eigenvalue weighted by Gasteiger charge is -2.33. The standard InChI is InChI=1S/C23H22S/c1-2-7-16(8-3-1)22-17-12-13-18(15-17)23(22)20-10-5-4-9-19(20)21-11-6-14-24-21/h1-11,14,17-18,22-23H,12-13,15H2/t17-,18+,22+,23+/m0/s1. The lowest BCUT2D eigenvalue weighted by atomic mass is 9.71. The summed E-state index contributed by atoms with van der Waals surface area (Å²) in [6.07, 6.45) is 4.25. The van der Waals surface area contributed by atoms with Crippen LogP contribution < -0.4 is 0 Å². The van der Waals surface area contributed by atoms with Gasteiger partial charge in [-0.3, -0.25) is 0 Å². The van der Waals surface area contributed by atoms with Crippen LogP contribution in [0.15, 0.2) is 72.1 Å². The molecule has 0 N–H and O–H groups in total. The highest BCUT2D eigenvalue weighted by Gasteiger charge is 2.49. The highest BCUT2D eigenvalue weighted by atomic mass is 32.1. The van der Waals surface area contributed by atoms with Gasteiger partial charge in [0.1, 0.15) is 0 Å². The van der Waals surface area contributed by atoms with Gasteiger partial charge >= 0.3 is 0 Å². The van der Waals surface area contributed by atoms with Gasteiger partial charge in [0.15, 0.2) is 0 Å². The van der Waals surface area contributed by atoms with E-state index >= 15 is 0 Å². The zero-order valence-electron chi connectivity index (χ0n) is 13.8. The molecule has 2 fully saturated rings. The van der Waals surface area contributed by atoms with E-state index in [9.17, 15) is 0 Å². The van der Waals surface area contributed by atoms with E-state index in [1.807, 2.05) is 11.3 Å². The summed E-state index contributed by atoms with van der Waals surface area (Å²) >= 11 is 1.87. The van der Waals surface area contributed by atoms with Gasteiger partial charge in [0.2, 0.25) is 0 Å². The maximum absolute atomic E-state index is 2.40. The van der Waals surface area contributed by atoms with E-state index in [4.69, 9.17) is 0 Å². The fourth-order valence-corrected chi connectivity index (χ4v) is 6.11. The van der Waals surface area contributed by atoms with Crippen LogP contribution in [0.2, 0.25) is 0 Å². The lowest BCUT2D eigenvalue weighted by molar-refractivity contribution is 0.367. The Hall–Kier alpha value is -1.86. The van der Waals surface area contributed by atoms with Crippen molar-refractivity contribution >= 4 is 11.3 Å². The van der Waals surface area contributed by atoms with E-state index in [1.165, 1.54) is 29.7 Å². The van der Waals surface area contributed by atoms with Crippen LogP contribution in [0.5, 0.6) is 0 Å². The van der Waals surface area contributed by atoms with Gasteiger partial charge < -0.3 is 0 Å². The number of benzene rings is 2. The second-order valence-electron chi connectivity index (χ2n) is 7.36. The van der Waals surface area contributed by atoms with E-state index in [0.29, 0.717) is 11.8 Å². The van der Waals surface area contributed by atoms with E-state index in [-0.39, 0.29) is 0 Å². The molecule has 120 valence electrons. The molecular weight excluding hydrogens is 308 g/mol. The number of hydrogen-bond acceptors (Lipinski definition) is 1. The molecule has 0 saturated heterocycles. The molecule has 3 aromatic rings. The Kier molecular flexibility index (Phi) is 3.56. The zero-order chi connectivity index (χ0) is 15.9. The third kappa shape index (κ3) is 2.26. The predicted octanol–water partition coefficient (Wildman–Crippen LogP) is 6.71. The molecule has 2 aromatic carbocycles. The molecule has 4 atom stereocenters. The molecule has 0 radical (unpaired) electrons. The quantitative estimate of drug-likeness (QED) is 0.500. The van der Waals surface area contributed by atoms with Crippen LogP contribution in [0, 0.1) is 11.8 Å². The molecule has 2 aliphatic rings. The average molecular weight is 330 g/mol. The second kappa shape index (κ2) is 5.89. The Morgan fingerprint density at radius 3 is 2.25 bits per heavy atom. The number of rotatable bonds is 3. The number of fused-ring (bicyclic) bond motifs is 2. The van der Waals surface area contributed by atoms with Gasteiger partial charge in [0, 0.05) is 4.88 Å². The van der Waals surface area contributed by atoms with Crippen LogP contribution in [0.25, 0.3) is 10.4 Å². The first kappa shape index (κ1) is 14.5. The summed E-state index contributed by atoms with van der Waals surface area (Å²) in [5.74, 6) is 3.12. The molecule has 0 amide bonds. The van der Waals surface area contributed by atoms with Gasteiger partial charge in [-0.2, -0.15) is 0 Å². The molecule has 2 saturated carbocycles. The van der Waals surface area contributed by atoms with Crippen molar-refractivity contribution in [2.75, 3.05) is 0 Å². The molecule has 0 unspecified atom stereocenters. The lowest BCUT2D eigenvalue weighted by Crippen LogP contribution is -2.19. The van der Waals surface area contributed by atoms with Crippen LogP contribution in [0.3, 0.4) is 0 Å². The third-order valence-electron chi connectivity index (χ3n) is 6.21. The fourth-order valence-electron chi connectivity index (χ4n) is 5.34. The van der Waals surface area contributed by atoms with Crippen molar-refractivity contribution in [1.29, 1.82) is 0 Å². The summed E-state index contributed by atoms with van der Waals surface area (Å²) in [5, 5.41) is 2.20. The normalized spacial score (nSPS) is 28.3. The number of thiophene rings is 1. The summed E-state index contributed by atoms with van der Waals surface area (Å²) in [6.45, 7) is 0. The molecule has 0 aliphatic heterocycles. The molecule has 0 nitrogen and oxygen atoms in total. The van der Waals surface area contributed by atoms with Gasteiger partial charge in [-0.1, -0.05) is 60.7 Å². The van der Waals surface area contributed by atoms with E-state index in [0.717, 1.165) is 11.8 Å². The van der Waals surface area contributed by atoms with Gasteiger partial charge in [-0.15, -0.1) is 11.3 Å². The van der Waals surface area contributed by atoms with Crippen LogP contribution in [-0.4, -0.2) is 0 Å². The van der Waals surface area contributed by atoms with Gasteiger partial charge in [-0.25, -0.2) is 0 Å². The van der Waals surface area contributed by atoms with Crippen LogP contribution in [-0.2, 0) is 0 Å². The minimum absolute atomic E-state index is 0.685. The SMILES string of the molecule is c1ccc([C@@H]2[C@H]3CC[C@H](C3)[C@@H]2c2ccccc2-c2cccs2)cc1. The first-order valence-electron chi connectivity index (χ1n) is 9.09. The largest absolute Gasteiger partial charge is 0.144 e. The Bertz CT molecular complexity index is 818. The van der Waals surface area contributed by atoms with Crippen molar-refractivity contribution in [1.82, 2.24) is 0 Å². The Balaban J connectivity index is 1.63. The second-order valence-corrected chi connectivity index (χ2v) is 8.31. The smallest absolute Gasteiger partial charge is 0.0345 e. The van der Waals surface area contributed by atoms with Crippen LogP contribution in [0.1, 0.15) is 42.2 Å². The van der Waals surface area contributed by atoms with E-state index in [1.54, 1.807) is 11.1 Å². The maximum atomic E-state index is 2.40. The van der Waals surface area contributed by atoms with Crippen molar-refractivity contribution in [3.05, 3.63) is 83.2 Å². The van der Waals surface area contributed by atoms with Crippen molar-refractivity contribution in [2.24, 2.45) is 11.8 Å². The molecular formula is C23H22S. The number of hydrogen-bond donors (Lipinski definition) is 0. The molecule has 2 aliphatic carbocycles. The van der Waals surface area contributed by atoms with Crippen LogP contribution >= 0.6 is 11.3 Å². The fraction of sp³-hybridized carbons (Fsp3) is 0.304. The zero-order valence-corrected chi connectivity index (χ0v) is 14.6. The predicted molar refractivity (Wildman–Crippen MR) is 103 cm³/mol. The molecule has 1 heteroatoms. The summed E-state index contributed by atoms with van der Waals surface area (Å²) in [7, 11) is 0. The van der Waals surface area contributed by atoms with Crippen molar-refractivity contribution in [3.63, 3.8) is 0 Å². The van der Waals surface area contributed by atoms with Crippen LogP contribution in [0.4, 0.5) is 0 Å². The van der Waals surface area contributed by atoms with E-state index in [2.05, 4.69) is 72.1 Å². The highest BCUT2D eigenvalue weighted by Crippen LogP contribution is 2.61. The third-order valence-corrected chi connectivity index (χ3v) is 7.11. The summed E-state index contributed by atoms with van der Waals surface area (Å²) in [5.41, 5.74) is 4.60. The molecule has 2 bridgehead atoms. The van der Waals surface area contributed by atoms with Crippen molar-refractivity contribution in [2.45, 2.75) is 31.1 Å². The highest BCUT2D eigenvalue weighted by molar-refractivity contribution is 7.13. The Morgan fingerprint density at radius 2 is 1.46 bits per heavy atom. The first-order chi connectivity index (χ1) is 11.9. The van der Waals surface area contributed by atoms with Gasteiger partial charge in [0.25, 0.3) is 0 Å². The first-order valence-corrected chi connectivity index (χ1v) is 9.97. The maximum Gasteiger partial charge on any atom is 0.0345 e. The molecule has 24 heavy (non-hydrogen) atoms. The molecule has 5 rings (SSSR count). The monoisotopic (exact) mass is 330 g/mol. The molecule has 0 spiro atoms. The van der Waals surface area contributed by atoms with Gasteiger partial charge in [-0.05, 0) is 71.1 Å². The Morgan fingerprint density at radius 1 is 0.708 bits per heavy atom. The summed E-state index contributed by atoms with van der Waals surface area (Å²) < 4.78 is 0. The molecule has 1 heterocycles. The average Bonchev–Trinajstić information content (AvgIpc) is 3.39. The summed E-state index contributed by atoms with van der Waals surface area (Å²) in [4.78, 5) is 1.42. The Labute approximate surface area is 148 Å².